The van der Waals surface area contributed by atoms with Crippen LogP contribution in [0.4, 0.5) is 0 Å². The van der Waals surface area contributed by atoms with E-state index < -0.39 is 11.9 Å². The van der Waals surface area contributed by atoms with Crippen LogP contribution in [0.25, 0.3) is 0 Å². The molecule has 0 bridgehead atoms. The highest BCUT2D eigenvalue weighted by atomic mass is 16.4. The summed E-state index contributed by atoms with van der Waals surface area (Å²) in [4.78, 5) is 24.0. The quantitative estimate of drug-likeness (QED) is 0.0707. The Bertz CT molecular complexity index is 535. The summed E-state index contributed by atoms with van der Waals surface area (Å²) in [6.45, 7) is 4.48. The van der Waals surface area contributed by atoms with Crippen LogP contribution in [0.5, 0.6) is 0 Å². The summed E-state index contributed by atoms with van der Waals surface area (Å²) in [7, 11) is 0. The highest BCUT2D eigenvalue weighted by molar-refractivity contribution is 5.98. The van der Waals surface area contributed by atoms with E-state index in [0.717, 1.165) is 51.4 Å². The van der Waals surface area contributed by atoms with Gasteiger partial charge in [0.05, 0.1) is 0 Å². The topological polar surface area (TPSA) is 54.4 Å². The Morgan fingerprint density at radius 1 is 0.571 bits per heavy atom. The second-order valence-electron chi connectivity index (χ2n) is 10.3. The first-order valence-electron chi connectivity index (χ1n) is 15.2. The monoisotopic (exact) mass is 490 g/mol. The van der Waals surface area contributed by atoms with Gasteiger partial charge in [0, 0.05) is 6.42 Å². The number of rotatable bonds is 27. The molecule has 0 aliphatic carbocycles. The van der Waals surface area contributed by atoms with Crippen LogP contribution in [0.1, 0.15) is 162 Å². The van der Waals surface area contributed by atoms with Crippen molar-refractivity contribution >= 4 is 11.8 Å². The zero-order valence-electron chi connectivity index (χ0n) is 23.4. The van der Waals surface area contributed by atoms with Gasteiger partial charge >= 0.3 is 5.97 Å². The summed E-state index contributed by atoms with van der Waals surface area (Å²) < 4.78 is 0. The molecule has 0 aliphatic rings. The van der Waals surface area contributed by atoms with E-state index in [-0.39, 0.29) is 5.78 Å². The SMILES string of the molecule is CCCCC/C=C\C/C=C\CCCCCCC(C(=O)O)C(=O)CCCCCCCCCCCCC. The molecule has 0 aromatic heterocycles. The summed E-state index contributed by atoms with van der Waals surface area (Å²) in [6.07, 6.45) is 35.0. The van der Waals surface area contributed by atoms with Crippen LogP contribution in [0.2, 0.25) is 0 Å². The van der Waals surface area contributed by atoms with E-state index in [1.165, 1.54) is 83.5 Å². The molecule has 1 unspecified atom stereocenters. The van der Waals surface area contributed by atoms with E-state index in [0.29, 0.717) is 12.8 Å². The summed E-state index contributed by atoms with van der Waals surface area (Å²) in [6, 6.07) is 0. The zero-order chi connectivity index (χ0) is 25.8. The summed E-state index contributed by atoms with van der Waals surface area (Å²) in [5.41, 5.74) is 0. The maximum absolute atomic E-state index is 12.4. The second kappa shape index (κ2) is 27.2. The average Bonchev–Trinajstić information content (AvgIpc) is 2.84. The summed E-state index contributed by atoms with van der Waals surface area (Å²) in [5, 5.41) is 9.49. The van der Waals surface area contributed by atoms with Crippen molar-refractivity contribution in [3.8, 4) is 0 Å². The van der Waals surface area contributed by atoms with Crippen molar-refractivity contribution in [2.75, 3.05) is 0 Å². The number of carbonyl (C=O) groups is 2. The molecule has 0 fully saturated rings. The lowest BCUT2D eigenvalue weighted by Gasteiger charge is -2.11. The number of aliphatic carboxylic acids is 1. The van der Waals surface area contributed by atoms with Crippen molar-refractivity contribution in [1.29, 1.82) is 0 Å². The lowest BCUT2D eigenvalue weighted by atomic mass is 9.93. The van der Waals surface area contributed by atoms with Gasteiger partial charge in [-0.2, -0.15) is 0 Å². The van der Waals surface area contributed by atoms with Gasteiger partial charge in [0.2, 0.25) is 0 Å². The van der Waals surface area contributed by atoms with E-state index >= 15 is 0 Å². The van der Waals surface area contributed by atoms with Crippen molar-refractivity contribution in [3.63, 3.8) is 0 Å². The summed E-state index contributed by atoms with van der Waals surface area (Å²) >= 11 is 0. The third-order valence-corrected chi connectivity index (χ3v) is 6.91. The number of hydrogen-bond acceptors (Lipinski definition) is 2. The molecule has 1 N–H and O–H groups in total. The van der Waals surface area contributed by atoms with Gasteiger partial charge in [-0.25, -0.2) is 0 Å². The lowest BCUT2D eigenvalue weighted by Crippen LogP contribution is -2.23. The van der Waals surface area contributed by atoms with E-state index in [1.54, 1.807) is 0 Å². The van der Waals surface area contributed by atoms with Crippen LogP contribution >= 0.6 is 0 Å². The minimum Gasteiger partial charge on any atom is -0.481 e. The first kappa shape index (κ1) is 33.6. The summed E-state index contributed by atoms with van der Waals surface area (Å²) in [5.74, 6) is -1.77. The Balaban J connectivity index is 3.69. The smallest absolute Gasteiger partial charge is 0.314 e. The van der Waals surface area contributed by atoms with Gasteiger partial charge in [-0.1, -0.05) is 134 Å². The molecule has 0 aromatic rings. The van der Waals surface area contributed by atoms with Crippen LogP contribution in [-0.4, -0.2) is 16.9 Å². The third kappa shape index (κ3) is 24.1. The third-order valence-electron chi connectivity index (χ3n) is 6.91. The Morgan fingerprint density at radius 2 is 1.00 bits per heavy atom. The van der Waals surface area contributed by atoms with Gasteiger partial charge in [-0.15, -0.1) is 0 Å². The van der Waals surface area contributed by atoms with Gasteiger partial charge in [0.25, 0.3) is 0 Å². The number of ketones is 1. The number of allylic oxidation sites excluding steroid dienone is 4. The van der Waals surface area contributed by atoms with Crippen molar-refractivity contribution in [2.45, 2.75) is 162 Å². The van der Waals surface area contributed by atoms with Gasteiger partial charge in [-0.3, -0.25) is 9.59 Å². The van der Waals surface area contributed by atoms with Crippen molar-refractivity contribution in [3.05, 3.63) is 24.3 Å². The Labute approximate surface area is 218 Å². The maximum atomic E-state index is 12.4. The molecule has 3 heteroatoms. The molecule has 204 valence electrons. The molecule has 0 rings (SSSR count). The standard InChI is InChI=1S/C32H58O3/c1-3-5-7-9-11-13-15-16-17-19-20-22-24-26-28-30(32(34)35)31(33)29-27-25-23-21-18-14-12-10-8-6-4-2/h11,13,16-17,30H,3-10,12,14-15,18-29H2,1-2H3,(H,34,35)/b13-11-,17-16-. The van der Waals surface area contributed by atoms with Gasteiger partial charge in [0.1, 0.15) is 11.7 Å². The Morgan fingerprint density at radius 3 is 1.54 bits per heavy atom. The second-order valence-corrected chi connectivity index (χ2v) is 10.3. The van der Waals surface area contributed by atoms with Gasteiger partial charge in [0.15, 0.2) is 0 Å². The van der Waals surface area contributed by atoms with Crippen molar-refractivity contribution in [2.24, 2.45) is 5.92 Å². The number of carboxylic acids is 1. The predicted octanol–water partition coefficient (Wildman–Crippen LogP) is 10.4. The number of Topliss-reactive ketones (excluding diaryl/α,β-unsaturated/α-hetero) is 1. The number of hydrogen-bond donors (Lipinski definition) is 1. The molecule has 0 heterocycles. The Kier molecular flexibility index (Phi) is 26.1. The molecule has 1 atom stereocenters. The van der Waals surface area contributed by atoms with Crippen molar-refractivity contribution in [1.82, 2.24) is 0 Å². The van der Waals surface area contributed by atoms with E-state index in [2.05, 4.69) is 38.2 Å². The predicted molar refractivity (Wildman–Crippen MR) is 152 cm³/mol. The normalized spacial score (nSPS) is 12.6. The molecule has 0 saturated carbocycles. The lowest BCUT2D eigenvalue weighted by molar-refractivity contribution is -0.146. The molecule has 0 radical (unpaired) electrons. The fourth-order valence-electron chi connectivity index (χ4n) is 4.54. The molecule has 0 spiro atoms. The molecule has 0 aromatic carbocycles. The number of carbonyl (C=O) groups excluding carboxylic acids is 1. The van der Waals surface area contributed by atoms with E-state index in [9.17, 15) is 14.7 Å². The molecular formula is C32H58O3. The minimum atomic E-state index is -0.927. The first-order chi connectivity index (χ1) is 17.1. The number of carboxylic acid groups (broad SMARTS) is 1. The molecule has 35 heavy (non-hydrogen) atoms. The number of unbranched alkanes of at least 4 members (excludes halogenated alkanes) is 17. The fraction of sp³-hybridized carbons (Fsp3) is 0.812. The fourth-order valence-corrected chi connectivity index (χ4v) is 4.54. The highest BCUT2D eigenvalue weighted by Crippen LogP contribution is 2.18. The van der Waals surface area contributed by atoms with Crippen LogP contribution in [0, 0.1) is 5.92 Å². The largest absolute Gasteiger partial charge is 0.481 e. The van der Waals surface area contributed by atoms with Gasteiger partial charge in [-0.05, 0) is 44.9 Å². The molecule has 0 saturated heterocycles. The molecular weight excluding hydrogens is 432 g/mol. The van der Waals surface area contributed by atoms with Crippen LogP contribution < -0.4 is 0 Å². The maximum Gasteiger partial charge on any atom is 0.314 e. The zero-order valence-corrected chi connectivity index (χ0v) is 23.4. The molecule has 3 nitrogen and oxygen atoms in total. The van der Waals surface area contributed by atoms with Gasteiger partial charge < -0.3 is 5.11 Å². The minimum absolute atomic E-state index is 0.0564. The van der Waals surface area contributed by atoms with Crippen molar-refractivity contribution < 1.29 is 14.7 Å². The molecule has 0 amide bonds. The highest BCUT2D eigenvalue weighted by Gasteiger charge is 2.24. The Hall–Kier alpha value is -1.38. The van der Waals surface area contributed by atoms with Crippen LogP contribution in [-0.2, 0) is 9.59 Å². The van der Waals surface area contributed by atoms with E-state index in [1.807, 2.05) is 0 Å². The average molecular weight is 491 g/mol. The van der Waals surface area contributed by atoms with Crippen LogP contribution in [0.15, 0.2) is 24.3 Å². The van der Waals surface area contributed by atoms with E-state index in [4.69, 9.17) is 0 Å². The first-order valence-corrected chi connectivity index (χ1v) is 15.2. The molecule has 0 aliphatic heterocycles. The van der Waals surface area contributed by atoms with Crippen LogP contribution in [0.3, 0.4) is 0 Å².